The van der Waals surface area contributed by atoms with Gasteiger partial charge >= 0.3 is 5.97 Å². The van der Waals surface area contributed by atoms with Crippen LogP contribution in [0.3, 0.4) is 0 Å². The third kappa shape index (κ3) is 3.75. The largest absolute Gasteiger partial charge is 0.478 e. The Morgan fingerprint density at radius 1 is 1.45 bits per heavy atom. The van der Waals surface area contributed by atoms with Gasteiger partial charge in [0.15, 0.2) is 0 Å². The minimum atomic E-state index is -1.01. The Kier molecular flexibility index (Phi) is 4.65. The molecule has 0 aliphatic rings. The summed E-state index contributed by atoms with van der Waals surface area (Å²) < 4.78 is 0. The second-order valence-corrected chi connectivity index (χ2v) is 5.97. The van der Waals surface area contributed by atoms with Gasteiger partial charge in [0.05, 0.1) is 22.6 Å². The highest BCUT2D eigenvalue weighted by atomic mass is 32.1. The molecule has 2 aromatic rings. The van der Waals surface area contributed by atoms with Crippen molar-refractivity contribution in [3.63, 3.8) is 0 Å². The summed E-state index contributed by atoms with van der Waals surface area (Å²) in [5.41, 5.74) is 2.67. The van der Waals surface area contributed by atoms with Gasteiger partial charge in [0, 0.05) is 15.8 Å². The molecule has 104 valence electrons. The molecule has 0 saturated heterocycles. The average Bonchev–Trinajstić information content (AvgIpc) is 3.02. The van der Waals surface area contributed by atoms with E-state index in [1.54, 1.807) is 17.6 Å². The Balaban J connectivity index is 1.96. The molecule has 2 heterocycles. The van der Waals surface area contributed by atoms with Crippen LogP contribution in [0, 0.1) is 6.92 Å². The van der Waals surface area contributed by atoms with Crippen molar-refractivity contribution in [2.75, 3.05) is 0 Å². The van der Waals surface area contributed by atoms with E-state index < -0.39 is 5.97 Å². The third-order valence-corrected chi connectivity index (χ3v) is 4.48. The molecule has 5 nitrogen and oxygen atoms in total. The second-order valence-electron chi connectivity index (χ2n) is 3.92. The van der Waals surface area contributed by atoms with Crippen LogP contribution in [0.15, 0.2) is 23.7 Å². The maximum atomic E-state index is 11.9. The maximum absolute atomic E-state index is 11.9. The molecular formula is C13H12N2O3S2. The molecule has 0 atom stereocenters. The van der Waals surface area contributed by atoms with E-state index in [1.807, 2.05) is 6.92 Å². The number of thiophene rings is 1. The molecule has 0 aliphatic carbocycles. The van der Waals surface area contributed by atoms with Crippen molar-refractivity contribution in [3.05, 3.63) is 44.0 Å². The zero-order valence-corrected chi connectivity index (χ0v) is 12.3. The smallest absolute Gasteiger partial charge is 0.328 e. The van der Waals surface area contributed by atoms with Gasteiger partial charge in [-0.3, -0.25) is 4.79 Å². The van der Waals surface area contributed by atoms with Gasteiger partial charge in [-0.2, -0.15) is 0 Å². The van der Waals surface area contributed by atoms with Gasteiger partial charge in [0.25, 0.3) is 5.91 Å². The molecule has 0 aliphatic heterocycles. The number of carbonyl (C=O) groups is 2. The molecule has 2 rings (SSSR count). The Morgan fingerprint density at radius 3 is 2.90 bits per heavy atom. The van der Waals surface area contributed by atoms with Crippen LogP contribution in [0.4, 0.5) is 0 Å². The third-order valence-electron chi connectivity index (χ3n) is 2.50. The van der Waals surface area contributed by atoms with E-state index in [4.69, 9.17) is 5.11 Å². The molecule has 0 saturated carbocycles. The lowest BCUT2D eigenvalue weighted by Gasteiger charge is -2.01. The fourth-order valence-corrected chi connectivity index (χ4v) is 3.01. The zero-order chi connectivity index (χ0) is 14.5. The first-order valence-electron chi connectivity index (χ1n) is 5.74. The molecule has 2 N–H and O–H groups in total. The predicted molar refractivity (Wildman–Crippen MR) is 79.0 cm³/mol. The molecule has 0 radical (unpaired) electrons. The minimum Gasteiger partial charge on any atom is -0.478 e. The molecule has 1 amide bonds. The van der Waals surface area contributed by atoms with E-state index in [2.05, 4.69) is 10.3 Å². The van der Waals surface area contributed by atoms with Gasteiger partial charge in [0.1, 0.15) is 0 Å². The van der Waals surface area contributed by atoms with Crippen molar-refractivity contribution in [1.29, 1.82) is 0 Å². The summed E-state index contributed by atoms with van der Waals surface area (Å²) in [5, 5.41) is 11.4. The zero-order valence-electron chi connectivity index (χ0n) is 10.6. The number of carboxylic acids is 1. The quantitative estimate of drug-likeness (QED) is 0.832. The van der Waals surface area contributed by atoms with Gasteiger partial charge in [0.2, 0.25) is 0 Å². The molecule has 0 bridgehead atoms. The van der Waals surface area contributed by atoms with E-state index >= 15 is 0 Å². The number of hydrogen-bond donors (Lipinski definition) is 2. The normalized spacial score (nSPS) is 10.8. The summed E-state index contributed by atoms with van der Waals surface area (Å²) in [7, 11) is 0. The molecule has 0 spiro atoms. The summed E-state index contributed by atoms with van der Waals surface area (Å²) in [5.74, 6) is -1.18. The number of carbonyl (C=O) groups excluding carboxylic acids is 1. The maximum Gasteiger partial charge on any atom is 0.328 e. The lowest BCUT2D eigenvalue weighted by atomic mass is 10.3. The van der Waals surface area contributed by atoms with Gasteiger partial charge in [-0.05, 0) is 25.1 Å². The van der Waals surface area contributed by atoms with Crippen LogP contribution in [0.5, 0.6) is 0 Å². The number of aryl methyl sites for hydroxylation is 1. The Labute approximate surface area is 123 Å². The van der Waals surface area contributed by atoms with Gasteiger partial charge in [-0.15, -0.1) is 22.7 Å². The van der Waals surface area contributed by atoms with Crippen LogP contribution in [-0.4, -0.2) is 22.0 Å². The van der Waals surface area contributed by atoms with Gasteiger partial charge in [-0.25, -0.2) is 9.78 Å². The molecule has 7 heteroatoms. The summed E-state index contributed by atoms with van der Waals surface area (Å²) in [6.07, 6.45) is 2.52. The minimum absolute atomic E-state index is 0.169. The summed E-state index contributed by atoms with van der Waals surface area (Å²) in [6.45, 7) is 2.35. The van der Waals surface area contributed by atoms with Crippen molar-refractivity contribution in [2.24, 2.45) is 0 Å². The highest BCUT2D eigenvalue weighted by molar-refractivity contribution is 7.14. The van der Waals surface area contributed by atoms with Crippen LogP contribution in [0.1, 0.15) is 25.1 Å². The van der Waals surface area contributed by atoms with E-state index in [1.165, 1.54) is 28.7 Å². The highest BCUT2D eigenvalue weighted by Crippen LogP contribution is 2.18. The fourth-order valence-electron chi connectivity index (χ4n) is 1.46. The fraction of sp³-hybridized carbons (Fsp3) is 0.154. The molecule has 0 fully saturated rings. The van der Waals surface area contributed by atoms with Crippen LogP contribution in [-0.2, 0) is 11.3 Å². The topological polar surface area (TPSA) is 79.3 Å². The van der Waals surface area contributed by atoms with Crippen LogP contribution >= 0.6 is 22.7 Å². The number of amides is 1. The Hall–Kier alpha value is -1.99. The van der Waals surface area contributed by atoms with Crippen molar-refractivity contribution < 1.29 is 14.7 Å². The summed E-state index contributed by atoms with van der Waals surface area (Å²) in [4.78, 5) is 28.8. The van der Waals surface area contributed by atoms with Crippen LogP contribution in [0.2, 0.25) is 0 Å². The number of carboxylic acid groups (broad SMARTS) is 1. The lowest BCUT2D eigenvalue weighted by molar-refractivity contribution is -0.131. The van der Waals surface area contributed by atoms with E-state index in [9.17, 15) is 9.59 Å². The number of aliphatic carboxylic acids is 1. The van der Waals surface area contributed by atoms with E-state index in [-0.39, 0.29) is 5.91 Å². The Morgan fingerprint density at radius 2 is 2.25 bits per heavy atom. The molecule has 20 heavy (non-hydrogen) atoms. The first-order valence-corrected chi connectivity index (χ1v) is 7.44. The second kappa shape index (κ2) is 6.44. The van der Waals surface area contributed by atoms with Crippen molar-refractivity contribution in [3.8, 4) is 0 Å². The number of rotatable bonds is 5. The number of nitrogens with zero attached hydrogens (tertiary/aromatic N) is 1. The molecular weight excluding hydrogens is 296 g/mol. The Bertz CT molecular complexity index is 658. The van der Waals surface area contributed by atoms with Crippen molar-refractivity contribution in [2.45, 2.75) is 13.5 Å². The predicted octanol–water partition coefficient (Wildman–Crippen LogP) is 2.54. The number of nitrogens with one attached hydrogen (secondary N) is 1. The summed E-state index contributed by atoms with van der Waals surface area (Å²) in [6, 6.07) is 3.40. The first-order chi connectivity index (χ1) is 9.56. The SMILES string of the molecule is Cc1ncsc1CNC(=O)c1ccc(C=CC(=O)O)s1. The number of aromatic nitrogens is 1. The molecule has 0 unspecified atom stereocenters. The monoisotopic (exact) mass is 308 g/mol. The van der Waals surface area contributed by atoms with Crippen LogP contribution < -0.4 is 5.32 Å². The molecule has 0 aromatic carbocycles. The highest BCUT2D eigenvalue weighted by Gasteiger charge is 2.09. The first kappa shape index (κ1) is 14.4. The number of thiazole rings is 1. The molecule has 2 aromatic heterocycles. The van der Waals surface area contributed by atoms with E-state index in [0.29, 0.717) is 11.4 Å². The van der Waals surface area contributed by atoms with Crippen molar-refractivity contribution in [1.82, 2.24) is 10.3 Å². The number of hydrogen-bond acceptors (Lipinski definition) is 5. The van der Waals surface area contributed by atoms with Gasteiger partial charge in [-0.1, -0.05) is 0 Å². The lowest BCUT2D eigenvalue weighted by Crippen LogP contribution is -2.21. The summed E-state index contributed by atoms with van der Waals surface area (Å²) >= 11 is 2.75. The van der Waals surface area contributed by atoms with Crippen LogP contribution in [0.25, 0.3) is 6.08 Å². The van der Waals surface area contributed by atoms with Crippen molar-refractivity contribution >= 4 is 40.6 Å². The average molecular weight is 308 g/mol. The van der Waals surface area contributed by atoms with Gasteiger partial charge < -0.3 is 10.4 Å². The van der Waals surface area contributed by atoms with E-state index in [0.717, 1.165) is 21.5 Å². The standard InChI is InChI=1S/C13H12N2O3S2/c1-8-11(19-7-15-8)6-14-13(18)10-4-2-9(20-10)3-5-12(16)17/h2-5,7H,6H2,1H3,(H,14,18)(H,16,17).